The summed E-state index contributed by atoms with van der Waals surface area (Å²) in [6.07, 6.45) is 0. The zero-order chi connectivity index (χ0) is 16.4. The first-order valence-corrected chi connectivity index (χ1v) is 7.44. The van der Waals surface area contributed by atoms with Crippen molar-refractivity contribution in [3.05, 3.63) is 53.6 Å². The highest BCUT2D eigenvalue weighted by Crippen LogP contribution is 2.32. The van der Waals surface area contributed by atoms with E-state index >= 15 is 0 Å². The Labute approximate surface area is 134 Å². The van der Waals surface area contributed by atoms with Crippen LogP contribution >= 0.6 is 0 Å². The van der Waals surface area contributed by atoms with Crippen LogP contribution in [-0.4, -0.2) is 25.0 Å². The van der Waals surface area contributed by atoms with E-state index < -0.39 is 0 Å². The van der Waals surface area contributed by atoms with Crippen LogP contribution in [0.25, 0.3) is 0 Å². The van der Waals surface area contributed by atoms with Gasteiger partial charge in [-0.15, -0.1) is 0 Å². The monoisotopic (exact) mass is 310 g/mol. The van der Waals surface area contributed by atoms with Gasteiger partial charge in [-0.2, -0.15) is 0 Å². The third-order valence-corrected chi connectivity index (χ3v) is 3.67. The molecule has 2 aromatic carbocycles. The third kappa shape index (κ3) is 3.51. The Morgan fingerprint density at radius 1 is 1.13 bits per heavy atom. The fraction of sp³-hybridized carbons (Fsp3) is 0.222. The van der Waals surface area contributed by atoms with E-state index in [9.17, 15) is 9.59 Å². The van der Waals surface area contributed by atoms with E-state index in [2.05, 4.69) is 5.32 Å². The lowest BCUT2D eigenvalue weighted by Gasteiger charge is -2.29. The van der Waals surface area contributed by atoms with Crippen LogP contribution in [-0.2, 0) is 9.59 Å². The Morgan fingerprint density at radius 3 is 2.57 bits per heavy atom. The normalized spacial score (nSPS) is 13.3. The molecule has 0 aliphatic carbocycles. The number of aryl methyl sites for hydroxylation is 2. The summed E-state index contributed by atoms with van der Waals surface area (Å²) in [6.45, 7) is 4.11. The number of hydrogen-bond acceptors (Lipinski definition) is 4. The number of nitrogens with one attached hydrogen (secondary N) is 1. The maximum Gasteiger partial charge on any atom is 0.331 e. The van der Waals surface area contributed by atoms with Gasteiger partial charge in [0.15, 0.2) is 5.75 Å². The first-order valence-electron chi connectivity index (χ1n) is 7.44. The highest BCUT2D eigenvalue weighted by atomic mass is 16.5. The summed E-state index contributed by atoms with van der Waals surface area (Å²) < 4.78 is 5.22. The minimum atomic E-state index is -0.357. The molecule has 0 saturated heterocycles. The van der Waals surface area contributed by atoms with Gasteiger partial charge in [0.25, 0.3) is 0 Å². The van der Waals surface area contributed by atoms with Crippen molar-refractivity contribution in [2.45, 2.75) is 13.8 Å². The molecule has 3 rings (SSSR count). The molecule has 0 fully saturated rings. The van der Waals surface area contributed by atoms with E-state index in [1.165, 1.54) is 0 Å². The Hall–Kier alpha value is -2.82. The molecule has 118 valence electrons. The van der Waals surface area contributed by atoms with Crippen molar-refractivity contribution in [2.24, 2.45) is 0 Å². The molecule has 5 heteroatoms. The summed E-state index contributed by atoms with van der Waals surface area (Å²) in [6, 6.07) is 13.1. The number of carbonyl (C=O) groups excluding carboxylic acids is 2. The predicted octanol–water partition coefficient (Wildman–Crippen LogP) is 2.67. The molecule has 1 N–H and O–H groups in total. The number of hydrogen-bond donors (Lipinski definition) is 1. The van der Waals surface area contributed by atoms with Gasteiger partial charge in [0, 0.05) is 5.69 Å². The van der Waals surface area contributed by atoms with Crippen LogP contribution in [0.4, 0.5) is 11.4 Å². The number of esters is 1. The van der Waals surface area contributed by atoms with Gasteiger partial charge in [-0.25, -0.2) is 4.79 Å². The molecule has 1 aliphatic rings. The molecule has 2 aromatic rings. The van der Waals surface area contributed by atoms with Crippen molar-refractivity contribution in [1.29, 1.82) is 0 Å². The number of amides is 1. The molecule has 1 amide bonds. The molecule has 0 bridgehead atoms. The van der Waals surface area contributed by atoms with Crippen LogP contribution in [0.15, 0.2) is 42.5 Å². The van der Waals surface area contributed by atoms with Crippen molar-refractivity contribution < 1.29 is 14.3 Å². The second-order valence-electron chi connectivity index (χ2n) is 5.72. The van der Waals surface area contributed by atoms with Gasteiger partial charge in [0.1, 0.15) is 6.54 Å². The molecule has 0 saturated carbocycles. The van der Waals surface area contributed by atoms with Gasteiger partial charge in [-0.3, -0.25) is 4.79 Å². The second kappa shape index (κ2) is 6.12. The summed E-state index contributed by atoms with van der Waals surface area (Å²) in [5, 5.41) is 2.84. The van der Waals surface area contributed by atoms with Gasteiger partial charge in [-0.1, -0.05) is 23.8 Å². The molecule has 0 spiro atoms. The lowest BCUT2D eigenvalue weighted by Crippen LogP contribution is -2.41. The molecule has 23 heavy (non-hydrogen) atoms. The van der Waals surface area contributed by atoms with Gasteiger partial charge in [0.2, 0.25) is 5.91 Å². The van der Waals surface area contributed by atoms with Crippen LogP contribution < -0.4 is 15.0 Å². The summed E-state index contributed by atoms with van der Waals surface area (Å²) in [4.78, 5) is 25.7. The fourth-order valence-electron chi connectivity index (χ4n) is 2.51. The number of rotatable bonds is 3. The highest BCUT2D eigenvalue weighted by molar-refractivity contribution is 5.96. The Kier molecular flexibility index (Phi) is 4.02. The summed E-state index contributed by atoms with van der Waals surface area (Å²) in [5.74, 6) is -0.0320. The molecular weight excluding hydrogens is 292 g/mol. The minimum absolute atomic E-state index is 0.0672. The Morgan fingerprint density at radius 2 is 1.83 bits per heavy atom. The quantitative estimate of drug-likeness (QED) is 0.699. The number of ether oxygens (including phenoxy) is 1. The van der Waals surface area contributed by atoms with E-state index in [1.807, 2.05) is 50.2 Å². The van der Waals surface area contributed by atoms with Crippen molar-refractivity contribution in [3.8, 4) is 5.75 Å². The highest BCUT2D eigenvalue weighted by Gasteiger charge is 2.25. The maximum absolute atomic E-state index is 12.3. The summed E-state index contributed by atoms with van der Waals surface area (Å²) in [7, 11) is 0. The Balaban J connectivity index is 1.74. The lowest BCUT2D eigenvalue weighted by atomic mass is 10.1. The zero-order valence-electron chi connectivity index (χ0n) is 13.1. The van der Waals surface area contributed by atoms with Crippen molar-refractivity contribution in [2.75, 3.05) is 23.3 Å². The van der Waals surface area contributed by atoms with Crippen LogP contribution in [0.3, 0.4) is 0 Å². The Bertz CT molecular complexity index is 753. The van der Waals surface area contributed by atoms with E-state index in [1.54, 1.807) is 11.0 Å². The average molecular weight is 310 g/mol. The topological polar surface area (TPSA) is 58.6 Å². The lowest BCUT2D eigenvalue weighted by molar-refractivity contribution is -0.133. The van der Waals surface area contributed by atoms with E-state index in [0.717, 1.165) is 22.5 Å². The number of nitrogens with zero attached hydrogens (tertiary/aromatic N) is 1. The van der Waals surface area contributed by atoms with Crippen molar-refractivity contribution in [3.63, 3.8) is 0 Å². The first kappa shape index (κ1) is 15.1. The molecule has 5 nitrogen and oxygen atoms in total. The van der Waals surface area contributed by atoms with Crippen LogP contribution in [0, 0.1) is 13.8 Å². The number of benzene rings is 2. The molecule has 1 heterocycles. The van der Waals surface area contributed by atoms with Gasteiger partial charge in [0.05, 0.1) is 12.2 Å². The predicted molar refractivity (Wildman–Crippen MR) is 88.8 cm³/mol. The molecule has 0 unspecified atom stereocenters. The number of fused-ring (bicyclic) bond motifs is 1. The first-order chi connectivity index (χ1) is 11.0. The average Bonchev–Trinajstić information content (AvgIpc) is 2.50. The molecule has 1 aliphatic heterocycles. The van der Waals surface area contributed by atoms with Crippen LogP contribution in [0.5, 0.6) is 5.75 Å². The van der Waals surface area contributed by atoms with E-state index in [0.29, 0.717) is 5.75 Å². The summed E-state index contributed by atoms with van der Waals surface area (Å²) >= 11 is 0. The zero-order valence-corrected chi connectivity index (χ0v) is 13.1. The number of carbonyl (C=O) groups is 2. The van der Waals surface area contributed by atoms with Crippen LogP contribution in [0.2, 0.25) is 0 Å². The van der Waals surface area contributed by atoms with Gasteiger partial charge < -0.3 is 15.0 Å². The van der Waals surface area contributed by atoms with Gasteiger partial charge >= 0.3 is 5.97 Å². The minimum Gasteiger partial charge on any atom is -0.423 e. The number of anilines is 2. The SMILES string of the molecule is Cc1ccc(NC(=O)CN2CC(=O)Oc3ccc(C)cc32)cc1. The fourth-order valence-corrected chi connectivity index (χ4v) is 2.51. The van der Waals surface area contributed by atoms with Crippen molar-refractivity contribution in [1.82, 2.24) is 0 Å². The van der Waals surface area contributed by atoms with Gasteiger partial charge in [-0.05, 0) is 43.7 Å². The summed E-state index contributed by atoms with van der Waals surface area (Å²) in [5.41, 5.74) is 3.69. The smallest absolute Gasteiger partial charge is 0.331 e. The van der Waals surface area contributed by atoms with E-state index in [4.69, 9.17) is 4.74 Å². The third-order valence-electron chi connectivity index (χ3n) is 3.67. The second-order valence-corrected chi connectivity index (χ2v) is 5.72. The molecular formula is C18H18N2O3. The standard InChI is InChI=1S/C18H18N2O3/c1-12-3-6-14(7-4-12)19-17(21)10-20-11-18(22)23-16-8-5-13(2)9-15(16)20/h3-9H,10-11H2,1-2H3,(H,19,21). The van der Waals surface area contributed by atoms with E-state index in [-0.39, 0.29) is 25.0 Å². The molecule has 0 atom stereocenters. The molecule has 0 radical (unpaired) electrons. The van der Waals surface area contributed by atoms with Crippen LogP contribution in [0.1, 0.15) is 11.1 Å². The van der Waals surface area contributed by atoms with Crippen molar-refractivity contribution >= 4 is 23.3 Å². The maximum atomic E-state index is 12.3. The largest absolute Gasteiger partial charge is 0.423 e. The molecule has 0 aromatic heterocycles.